The first-order chi connectivity index (χ1) is 12.4. The third kappa shape index (κ3) is 4.54. The van der Waals surface area contributed by atoms with Crippen molar-refractivity contribution in [3.05, 3.63) is 38.9 Å². The number of nitrogens with zero attached hydrogens (tertiary/aromatic N) is 3. The first-order valence-electron chi connectivity index (χ1n) is 9.39. The van der Waals surface area contributed by atoms with Crippen molar-refractivity contribution >= 4 is 23.2 Å². The zero-order valence-electron chi connectivity index (χ0n) is 15.2. The highest BCUT2D eigenvalue weighted by molar-refractivity contribution is 6.34. The van der Waals surface area contributed by atoms with Gasteiger partial charge in [0.2, 0.25) is 0 Å². The Hall–Kier alpha value is -1.66. The molecule has 2 aliphatic rings. The predicted octanol–water partition coefficient (Wildman–Crippen LogP) is 3.83. The lowest BCUT2D eigenvalue weighted by Gasteiger charge is -2.38. The first kappa shape index (κ1) is 19.1. The molecule has 2 saturated heterocycles. The molecule has 0 aromatic heterocycles. The molecule has 3 rings (SSSR count). The molecule has 0 aliphatic carbocycles. The van der Waals surface area contributed by atoms with Crippen molar-refractivity contribution in [3.8, 4) is 0 Å². The second-order valence-electron chi connectivity index (χ2n) is 7.66. The number of piperidine rings is 2. The Bertz CT molecular complexity index is 674. The minimum Gasteiger partial charge on any atom is -0.338 e. The van der Waals surface area contributed by atoms with Crippen LogP contribution in [0.4, 0.5) is 5.69 Å². The maximum absolute atomic E-state index is 12.8. The highest BCUT2D eigenvalue weighted by Gasteiger charge is 2.28. The van der Waals surface area contributed by atoms with Crippen molar-refractivity contribution in [2.75, 3.05) is 32.7 Å². The molecule has 0 N–H and O–H groups in total. The van der Waals surface area contributed by atoms with Crippen LogP contribution in [-0.2, 0) is 0 Å². The summed E-state index contributed by atoms with van der Waals surface area (Å²) >= 11 is 6.13. The molecule has 0 spiro atoms. The average molecular weight is 380 g/mol. The van der Waals surface area contributed by atoms with Gasteiger partial charge in [-0.05, 0) is 56.7 Å². The molecule has 1 atom stereocenters. The third-order valence-electron chi connectivity index (χ3n) is 5.59. The van der Waals surface area contributed by atoms with Crippen LogP contribution in [0.15, 0.2) is 18.2 Å². The van der Waals surface area contributed by atoms with Gasteiger partial charge in [-0.25, -0.2) is 0 Å². The van der Waals surface area contributed by atoms with Crippen molar-refractivity contribution in [2.24, 2.45) is 11.8 Å². The van der Waals surface area contributed by atoms with Gasteiger partial charge in [0.1, 0.15) is 0 Å². The lowest BCUT2D eigenvalue weighted by Crippen LogP contribution is -2.45. The van der Waals surface area contributed by atoms with Crippen LogP contribution in [0.5, 0.6) is 0 Å². The normalized spacial score (nSPS) is 22.4. The quantitative estimate of drug-likeness (QED) is 0.589. The number of benzene rings is 1. The molecule has 0 radical (unpaired) electrons. The fourth-order valence-electron chi connectivity index (χ4n) is 3.97. The molecule has 7 heteroatoms. The summed E-state index contributed by atoms with van der Waals surface area (Å²) in [5.74, 6) is 1.18. The summed E-state index contributed by atoms with van der Waals surface area (Å²) in [4.78, 5) is 27.6. The number of carbonyl (C=O) groups excluding carboxylic acids is 1. The minimum absolute atomic E-state index is 0.0950. The average Bonchev–Trinajstić information content (AvgIpc) is 2.63. The molecule has 26 heavy (non-hydrogen) atoms. The van der Waals surface area contributed by atoms with E-state index in [4.69, 9.17) is 11.6 Å². The number of nitro groups is 1. The Kier molecular flexibility index (Phi) is 6.14. The summed E-state index contributed by atoms with van der Waals surface area (Å²) in [6.45, 7) is 7.12. The maximum atomic E-state index is 12.8. The van der Waals surface area contributed by atoms with Crippen molar-refractivity contribution in [1.82, 2.24) is 9.80 Å². The molecule has 2 heterocycles. The Morgan fingerprint density at radius 3 is 2.65 bits per heavy atom. The molecule has 0 bridgehead atoms. The van der Waals surface area contributed by atoms with E-state index >= 15 is 0 Å². The number of rotatable bonds is 4. The fraction of sp³-hybridized carbons (Fsp3) is 0.632. The summed E-state index contributed by atoms with van der Waals surface area (Å²) < 4.78 is 0. The zero-order chi connectivity index (χ0) is 18.7. The van der Waals surface area contributed by atoms with E-state index in [1.807, 2.05) is 4.90 Å². The van der Waals surface area contributed by atoms with Gasteiger partial charge >= 0.3 is 0 Å². The van der Waals surface area contributed by atoms with Crippen molar-refractivity contribution in [1.29, 1.82) is 0 Å². The monoisotopic (exact) mass is 379 g/mol. The van der Waals surface area contributed by atoms with Crippen molar-refractivity contribution in [2.45, 2.75) is 32.6 Å². The second kappa shape index (κ2) is 8.35. The van der Waals surface area contributed by atoms with Gasteiger partial charge in [-0.1, -0.05) is 18.5 Å². The minimum atomic E-state index is -0.503. The van der Waals surface area contributed by atoms with Crippen LogP contribution in [0.25, 0.3) is 0 Å². The Morgan fingerprint density at radius 2 is 2.00 bits per heavy atom. The number of nitro benzene ring substituents is 1. The molecule has 1 aromatic rings. The standard InChI is InChI=1S/C19H26ClN3O3/c1-14-6-9-21(10-7-14)12-15-3-2-8-22(13-15)19(24)17-5-4-16(23(25)26)11-18(17)20/h4-5,11,14-15H,2-3,6-10,12-13H2,1H3. The Labute approximate surface area is 159 Å². The van der Waals surface area contributed by atoms with Crippen LogP contribution < -0.4 is 0 Å². The molecule has 2 fully saturated rings. The third-order valence-corrected chi connectivity index (χ3v) is 5.91. The number of amides is 1. The molecule has 0 saturated carbocycles. The van der Waals surface area contributed by atoms with Crippen molar-refractivity contribution in [3.63, 3.8) is 0 Å². The van der Waals surface area contributed by atoms with Crippen LogP contribution in [-0.4, -0.2) is 53.4 Å². The van der Waals surface area contributed by atoms with E-state index in [-0.39, 0.29) is 16.6 Å². The largest absolute Gasteiger partial charge is 0.338 e. The van der Waals surface area contributed by atoms with E-state index in [2.05, 4.69) is 11.8 Å². The van der Waals surface area contributed by atoms with Gasteiger partial charge < -0.3 is 9.80 Å². The number of non-ortho nitro benzene ring substituents is 1. The van der Waals surface area contributed by atoms with Gasteiger partial charge in [0.25, 0.3) is 11.6 Å². The molecule has 2 aliphatic heterocycles. The van der Waals surface area contributed by atoms with E-state index in [9.17, 15) is 14.9 Å². The lowest BCUT2D eigenvalue weighted by molar-refractivity contribution is -0.384. The summed E-state index contributed by atoms with van der Waals surface area (Å²) in [5.41, 5.74) is 0.257. The maximum Gasteiger partial charge on any atom is 0.270 e. The van der Waals surface area contributed by atoms with E-state index in [0.717, 1.165) is 51.5 Å². The summed E-state index contributed by atoms with van der Waals surface area (Å²) in [7, 11) is 0. The van der Waals surface area contributed by atoms with Crippen molar-refractivity contribution < 1.29 is 9.72 Å². The lowest BCUT2D eigenvalue weighted by atomic mass is 9.94. The van der Waals surface area contributed by atoms with Gasteiger partial charge in [0.05, 0.1) is 15.5 Å². The molecular weight excluding hydrogens is 354 g/mol. The Morgan fingerprint density at radius 1 is 1.27 bits per heavy atom. The zero-order valence-corrected chi connectivity index (χ0v) is 16.0. The molecule has 6 nitrogen and oxygen atoms in total. The van der Waals surface area contributed by atoms with Crippen LogP contribution in [0.2, 0.25) is 5.02 Å². The summed E-state index contributed by atoms with van der Waals surface area (Å²) in [6.07, 6.45) is 4.65. The predicted molar refractivity (Wildman–Crippen MR) is 102 cm³/mol. The van der Waals surface area contributed by atoms with Crippen LogP contribution in [0, 0.1) is 22.0 Å². The molecule has 1 unspecified atom stereocenters. The SMILES string of the molecule is CC1CCN(CC2CCCN(C(=O)c3ccc([N+](=O)[O-])cc3Cl)C2)CC1. The van der Waals surface area contributed by atoms with E-state index in [1.165, 1.54) is 31.0 Å². The first-order valence-corrected chi connectivity index (χ1v) is 9.77. The smallest absolute Gasteiger partial charge is 0.270 e. The number of likely N-dealkylation sites (tertiary alicyclic amines) is 2. The molecule has 1 amide bonds. The molecular formula is C19H26ClN3O3. The van der Waals surface area contributed by atoms with Crippen LogP contribution in [0.1, 0.15) is 43.0 Å². The highest BCUT2D eigenvalue weighted by Crippen LogP contribution is 2.27. The van der Waals surface area contributed by atoms with Gasteiger partial charge in [0.15, 0.2) is 0 Å². The fourth-order valence-corrected chi connectivity index (χ4v) is 4.23. The van der Waals surface area contributed by atoms with E-state index < -0.39 is 4.92 Å². The highest BCUT2D eigenvalue weighted by atomic mass is 35.5. The van der Waals surface area contributed by atoms with Gasteiger partial charge in [-0.15, -0.1) is 0 Å². The Balaban J connectivity index is 1.62. The number of hydrogen-bond donors (Lipinski definition) is 0. The topological polar surface area (TPSA) is 66.7 Å². The molecule has 1 aromatic carbocycles. The number of halogens is 1. The van der Waals surface area contributed by atoms with E-state index in [1.54, 1.807) is 0 Å². The van der Waals surface area contributed by atoms with Gasteiger partial charge in [-0.2, -0.15) is 0 Å². The number of carbonyl (C=O) groups is 1. The van der Waals surface area contributed by atoms with Gasteiger partial charge in [-0.3, -0.25) is 14.9 Å². The van der Waals surface area contributed by atoms with E-state index in [0.29, 0.717) is 11.5 Å². The second-order valence-corrected chi connectivity index (χ2v) is 8.07. The van der Waals surface area contributed by atoms with Crippen LogP contribution >= 0.6 is 11.6 Å². The van der Waals surface area contributed by atoms with Crippen LogP contribution in [0.3, 0.4) is 0 Å². The molecule has 142 valence electrons. The van der Waals surface area contributed by atoms with Gasteiger partial charge in [0, 0.05) is 31.8 Å². The summed E-state index contributed by atoms with van der Waals surface area (Å²) in [6, 6.07) is 4.07. The summed E-state index contributed by atoms with van der Waals surface area (Å²) in [5, 5.41) is 11.0. The number of hydrogen-bond acceptors (Lipinski definition) is 4.